The fraction of sp³-hybridized carbons (Fsp3) is 0.333. The van der Waals surface area contributed by atoms with Gasteiger partial charge in [0.05, 0.1) is 5.56 Å². The quantitative estimate of drug-likeness (QED) is 0.858. The van der Waals surface area contributed by atoms with Crippen LogP contribution in [0.2, 0.25) is 10.2 Å². The van der Waals surface area contributed by atoms with E-state index in [1.165, 1.54) is 4.57 Å². The van der Waals surface area contributed by atoms with Crippen molar-refractivity contribution in [3.63, 3.8) is 0 Å². The second-order valence-corrected chi connectivity index (χ2v) is 6.89. The molecule has 0 saturated heterocycles. The minimum atomic E-state index is -0.502. The van der Waals surface area contributed by atoms with E-state index in [2.05, 4.69) is 4.98 Å². The van der Waals surface area contributed by atoms with Gasteiger partial charge in [-0.05, 0) is 23.1 Å². The zero-order valence-corrected chi connectivity index (χ0v) is 13.5. The molecule has 21 heavy (non-hydrogen) atoms. The molecule has 2 aromatic rings. The van der Waals surface area contributed by atoms with Crippen LogP contribution < -0.4 is 11.2 Å². The van der Waals surface area contributed by atoms with Gasteiger partial charge in [0.15, 0.2) is 0 Å². The molecule has 0 spiro atoms. The molecule has 1 aromatic carbocycles. The van der Waals surface area contributed by atoms with Crippen LogP contribution in [0.4, 0.5) is 0 Å². The summed E-state index contributed by atoms with van der Waals surface area (Å²) < 4.78 is 1.18. The van der Waals surface area contributed by atoms with Crippen molar-refractivity contribution < 1.29 is 0 Å². The van der Waals surface area contributed by atoms with Crippen molar-refractivity contribution in [1.82, 2.24) is 9.55 Å². The smallest absolute Gasteiger partial charge is 0.297 e. The van der Waals surface area contributed by atoms with E-state index in [0.29, 0.717) is 17.1 Å². The third kappa shape index (κ3) is 3.57. The van der Waals surface area contributed by atoms with Gasteiger partial charge in [0.1, 0.15) is 5.15 Å². The molecule has 0 aliphatic carbocycles. The Hall–Kier alpha value is -1.52. The van der Waals surface area contributed by atoms with Crippen LogP contribution in [-0.2, 0) is 6.54 Å². The largest absolute Gasteiger partial charge is 0.329 e. The molecule has 0 fully saturated rings. The highest BCUT2D eigenvalue weighted by Crippen LogP contribution is 2.23. The number of benzene rings is 1. The molecule has 0 unspecified atom stereocenters. The van der Waals surface area contributed by atoms with Crippen molar-refractivity contribution in [2.75, 3.05) is 0 Å². The second kappa shape index (κ2) is 5.70. The highest BCUT2D eigenvalue weighted by Gasteiger charge is 2.19. The fourth-order valence-corrected chi connectivity index (χ4v) is 2.43. The Morgan fingerprint density at radius 3 is 2.19 bits per heavy atom. The summed E-state index contributed by atoms with van der Waals surface area (Å²) in [7, 11) is 0. The predicted molar refractivity (Wildman–Crippen MR) is 86.2 cm³/mol. The highest BCUT2D eigenvalue weighted by molar-refractivity contribution is 6.32. The van der Waals surface area contributed by atoms with E-state index in [9.17, 15) is 9.59 Å². The first-order valence-corrected chi connectivity index (χ1v) is 7.23. The van der Waals surface area contributed by atoms with Gasteiger partial charge in [0.25, 0.3) is 5.56 Å². The van der Waals surface area contributed by atoms with Crippen molar-refractivity contribution in [2.45, 2.75) is 27.3 Å². The van der Waals surface area contributed by atoms with E-state index in [1.807, 2.05) is 20.8 Å². The molecule has 112 valence electrons. The summed E-state index contributed by atoms with van der Waals surface area (Å²) in [5.74, 6) is 0. The van der Waals surface area contributed by atoms with E-state index in [1.54, 1.807) is 24.3 Å². The number of nitrogens with one attached hydrogen (secondary N) is 1. The standard InChI is InChI=1S/C15H16Cl2N2O2/c1-15(2,3)8-19-13(20)11(12(17)18-14(19)21)9-4-6-10(16)7-5-9/h4-7H,8H2,1-3H3,(H,18,21). The minimum Gasteiger partial charge on any atom is -0.297 e. The molecule has 0 bridgehead atoms. The number of nitrogens with zero attached hydrogens (tertiary/aromatic N) is 1. The first kappa shape index (κ1) is 15.9. The molecule has 0 aliphatic rings. The summed E-state index contributed by atoms with van der Waals surface area (Å²) in [5.41, 5.74) is -0.216. The highest BCUT2D eigenvalue weighted by atomic mass is 35.5. The third-order valence-electron chi connectivity index (χ3n) is 2.91. The molecule has 0 radical (unpaired) electrons. The summed E-state index contributed by atoms with van der Waals surface area (Å²) in [6.07, 6.45) is 0. The summed E-state index contributed by atoms with van der Waals surface area (Å²) in [5, 5.41) is 0.604. The van der Waals surface area contributed by atoms with Crippen LogP contribution >= 0.6 is 23.2 Å². The Morgan fingerprint density at radius 1 is 1.10 bits per heavy atom. The van der Waals surface area contributed by atoms with Crippen LogP contribution in [0.3, 0.4) is 0 Å². The van der Waals surface area contributed by atoms with Gasteiger partial charge in [-0.1, -0.05) is 56.1 Å². The number of halogens is 2. The Morgan fingerprint density at radius 2 is 1.67 bits per heavy atom. The van der Waals surface area contributed by atoms with Crippen molar-refractivity contribution in [2.24, 2.45) is 5.41 Å². The van der Waals surface area contributed by atoms with Crippen molar-refractivity contribution >= 4 is 23.2 Å². The van der Waals surface area contributed by atoms with Crippen molar-refractivity contribution in [1.29, 1.82) is 0 Å². The van der Waals surface area contributed by atoms with Crippen LogP contribution in [0.5, 0.6) is 0 Å². The second-order valence-electron chi connectivity index (χ2n) is 6.08. The van der Waals surface area contributed by atoms with E-state index in [0.717, 1.165) is 0 Å². The zero-order chi connectivity index (χ0) is 15.8. The molecule has 4 nitrogen and oxygen atoms in total. The normalized spacial score (nSPS) is 11.7. The average molecular weight is 327 g/mol. The van der Waals surface area contributed by atoms with Crippen LogP contribution in [0.25, 0.3) is 11.1 Å². The van der Waals surface area contributed by atoms with E-state index in [-0.39, 0.29) is 16.1 Å². The summed E-state index contributed by atoms with van der Waals surface area (Å²) >= 11 is 11.9. The van der Waals surface area contributed by atoms with Gasteiger partial charge >= 0.3 is 5.69 Å². The third-order valence-corrected chi connectivity index (χ3v) is 3.44. The lowest BCUT2D eigenvalue weighted by atomic mass is 9.97. The number of hydrogen-bond acceptors (Lipinski definition) is 2. The SMILES string of the molecule is CC(C)(C)Cn1c(=O)[nH]c(Cl)c(-c2ccc(Cl)cc2)c1=O. The van der Waals surface area contributed by atoms with E-state index >= 15 is 0 Å². The average Bonchev–Trinajstić information content (AvgIpc) is 2.35. The topological polar surface area (TPSA) is 54.9 Å². The zero-order valence-electron chi connectivity index (χ0n) is 12.0. The monoisotopic (exact) mass is 326 g/mol. The molecule has 2 rings (SSSR count). The first-order chi connectivity index (χ1) is 9.69. The van der Waals surface area contributed by atoms with Crippen LogP contribution in [-0.4, -0.2) is 9.55 Å². The summed E-state index contributed by atoms with van der Waals surface area (Å²) in [6, 6.07) is 6.74. The molecular formula is C15H16Cl2N2O2. The molecule has 6 heteroatoms. The molecule has 0 atom stereocenters. The molecule has 0 aliphatic heterocycles. The molecule has 1 aromatic heterocycles. The maximum absolute atomic E-state index is 12.6. The fourth-order valence-electron chi connectivity index (χ4n) is 2.03. The van der Waals surface area contributed by atoms with Crippen molar-refractivity contribution in [3.05, 3.63) is 55.3 Å². The van der Waals surface area contributed by atoms with Gasteiger partial charge < -0.3 is 0 Å². The van der Waals surface area contributed by atoms with E-state index < -0.39 is 11.2 Å². The molecule has 1 N–H and O–H groups in total. The number of aromatic nitrogens is 2. The lowest BCUT2D eigenvalue weighted by Crippen LogP contribution is -2.39. The summed E-state index contributed by atoms with van der Waals surface area (Å²) in [4.78, 5) is 27.1. The van der Waals surface area contributed by atoms with Gasteiger partial charge in [-0.25, -0.2) is 4.79 Å². The summed E-state index contributed by atoms with van der Waals surface area (Å²) in [6.45, 7) is 6.17. The minimum absolute atomic E-state index is 0.0393. The lowest BCUT2D eigenvalue weighted by molar-refractivity contribution is 0.331. The van der Waals surface area contributed by atoms with Gasteiger partial charge in [-0.3, -0.25) is 14.3 Å². The van der Waals surface area contributed by atoms with Crippen LogP contribution in [0.15, 0.2) is 33.9 Å². The predicted octanol–water partition coefficient (Wildman–Crippen LogP) is 3.56. The Labute approximate surface area is 132 Å². The lowest BCUT2D eigenvalue weighted by Gasteiger charge is -2.19. The van der Waals surface area contributed by atoms with Gasteiger partial charge in [-0.15, -0.1) is 0 Å². The van der Waals surface area contributed by atoms with E-state index in [4.69, 9.17) is 23.2 Å². The Kier molecular flexibility index (Phi) is 4.30. The number of hydrogen-bond donors (Lipinski definition) is 1. The molecular weight excluding hydrogens is 311 g/mol. The van der Waals surface area contributed by atoms with Gasteiger partial charge in [0, 0.05) is 11.6 Å². The van der Waals surface area contributed by atoms with Gasteiger partial charge in [0.2, 0.25) is 0 Å². The van der Waals surface area contributed by atoms with Crippen molar-refractivity contribution in [3.8, 4) is 11.1 Å². The molecule has 0 amide bonds. The number of aromatic amines is 1. The molecule has 1 heterocycles. The van der Waals surface area contributed by atoms with Crippen LogP contribution in [0.1, 0.15) is 20.8 Å². The maximum atomic E-state index is 12.6. The molecule has 0 saturated carbocycles. The van der Waals surface area contributed by atoms with Gasteiger partial charge in [-0.2, -0.15) is 0 Å². The first-order valence-electron chi connectivity index (χ1n) is 6.47. The van der Waals surface area contributed by atoms with Crippen LogP contribution in [0, 0.1) is 5.41 Å². The number of rotatable bonds is 2. The Bertz CT molecular complexity index is 768. The maximum Gasteiger partial charge on any atom is 0.329 e. The Balaban J connectivity index is 2.67. The number of H-pyrrole nitrogens is 1.